The molecule has 0 fully saturated rings. The Morgan fingerprint density at radius 2 is 2.24 bits per heavy atom. The highest BCUT2D eigenvalue weighted by Crippen LogP contribution is 2.30. The molecule has 1 aromatic heterocycles. The smallest absolute Gasteiger partial charge is 0.249 e. The van der Waals surface area contributed by atoms with Crippen LogP contribution in [0.2, 0.25) is 0 Å². The molecule has 0 aliphatic carbocycles. The lowest BCUT2D eigenvalue weighted by Crippen LogP contribution is -2.06. The molecule has 0 bridgehead atoms. The Labute approximate surface area is 104 Å². The number of hydrogen-bond donors (Lipinski definition) is 1. The number of carbonyl (C=O) groups excluding carboxylic acids is 1. The van der Waals surface area contributed by atoms with E-state index in [1.807, 2.05) is 18.2 Å². The molecule has 0 aliphatic rings. The average molecular weight is 244 g/mol. The van der Waals surface area contributed by atoms with Crippen molar-refractivity contribution in [3.05, 3.63) is 48.7 Å². The second-order valence-electron chi connectivity index (χ2n) is 3.54. The summed E-state index contributed by atoms with van der Waals surface area (Å²) < 4.78 is 0. The van der Waals surface area contributed by atoms with Crippen LogP contribution >= 0.6 is 11.3 Å². The van der Waals surface area contributed by atoms with Gasteiger partial charge in [0, 0.05) is 6.20 Å². The van der Waals surface area contributed by atoms with Gasteiger partial charge in [-0.1, -0.05) is 42.2 Å². The first-order valence-electron chi connectivity index (χ1n) is 5.16. The summed E-state index contributed by atoms with van der Waals surface area (Å²) in [6.45, 7) is 5.45. The van der Waals surface area contributed by atoms with E-state index in [1.165, 1.54) is 23.0 Å². The lowest BCUT2D eigenvalue weighted by molar-refractivity contribution is -0.111. The largest absolute Gasteiger partial charge is 0.298 e. The maximum Gasteiger partial charge on any atom is 0.249 e. The first kappa shape index (κ1) is 11.5. The van der Waals surface area contributed by atoms with Gasteiger partial charge in [-0.3, -0.25) is 10.1 Å². The third-order valence-electron chi connectivity index (χ3n) is 2.33. The predicted molar refractivity (Wildman–Crippen MR) is 71.1 cm³/mol. The van der Waals surface area contributed by atoms with Gasteiger partial charge in [-0.2, -0.15) is 0 Å². The standard InChI is InChI=1S/C13H12N2OS/c1-3-12(16)15-13-14-8-11(17-13)10-7-5-4-6-9(10)2/h3-8H,1H2,2H3,(H,14,15,16). The van der Waals surface area contributed by atoms with Crippen LogP contribution < -0.4 is 5.32 Å². The number of benzene rings is 1. The van der Waals surface area contributed by atoms with E-state index in [-0.39, 0.29) is 5.91 Å². The first-order valence-corrected chi connectivity index (χ1v) is 5.97. The number of amides is 1. The molecule has 1 N–H and O–H groups in total. The summed E-state index contributed by atoms with van der Waals surface area (Å²) in [5.74, 6) is -0.240. The number of nitrogens with one attached hydrogen (secondary N) is 1. The molecular formula is C13H12N2OS. The molecular weight excluding hydrogens is 232 g/mol. The van der Waals surface area contributed by atoms with Crippen molar-refractivity contribution < 1.29 is 4.79 Å². The van der Waals surface area contributed by atoms with Crippen molar-refractivity contribution in [3.8, 4) is 10.4 Å². The lowest BCUT2D eigenvalue weighted by atomic mass is 10.1. The molecule has 1 heterocycles. The van der Waals surface area contributed by atoms with Crippen molar-refractivity contribution in [1.82, 2.24) is 4.98 Å². The third kappa shape index (κ3) is 2.60. The number of rotatable bonds is 3. The van der Waals surface area contributed by atoms with Crippen LogP contribution in [-0.2, 0) is 4.79 Å². The van der Waals surface area contributed by atoms with Crippen LogP contribution in [-0.4, -0.2) is 10.9 Å². The van der Waals surface area contributed by atoms with Crippen LogP contribution in [0.5, 0.6) is 0 Å². The topological polar surface area (TPSA) is 42.0 Å². The van der Waals surface area contributed by atoms with E-state index < -0.39 is 0 Å². The zero-order valence-corrected chi connectivity index (χ0v) is 10.3. The van der Waals surface area contributed by atoms with Crippen LogP contribution in [0, 0.1) is 6.92 Å². The summed E-state index contributed by atoms with van der Waals surface area (Å²) in [6.07, 6.45) is 3.00. The zero-order chi connectivity index (χ0) is 12.3. The summed E-state index contributed by atoms with van der Waals surface area (Å²) >= 11 is 1.45. The summed E-state index contributed by atoms with van der Waals surface area (Å²) in [6, 6.07) is 8.09. The van der Waals surface area contributed by atoms with E-state index in [2.05, 4.69) is 29.9 Å². The Morgan fingerprint density at radius 3 is 2.94 bits per heavy atom. The molecule has 0 saturated carbocycles. The fraction of sp³-hybridized carbons (Fsp3) is 0.0769. The lowest BCUT2D eigenvalue weighted by Gasteiger charge is -2.00. The van der Waals surface area contributed by atoms with Crippen LogP contribution in [0.3, 0.4) is 0 Å². The SMILES string of the molecule is C=CC(=O)Nc1ncc(-c2ccccc2C)s1. The minimum atomic E-state index is -0.240. The highest BCUT2D eigenvalue weighted by Gasteiger charge is 2.07. The molecule has 4 heteroatoms. The number of hydrogen-bond acceptors (Lipinski definition) is 3. The van der Waals surface area contributed by atoms with Crippen LogP contribution in [0.15, 0.2) is 43.1 Å². The highest BCUT2D eigenvalue weighted by molar-refractivity contribution is 7.19. The van der Waals surface area contributed by atoms with Crippen molar-refractivity contribution in [2.75, 3.05) is 5.32 Å². The molecule has 17 heavy (non-hydrogen) atoms. The summed E-state index contributed by atoms with van der Waals surface area (Å²) in [7, 11) is 0. The van der Waals surface area contributed by atoms with Gasteiger partial charge in [-0.25, -0.2) is 4.98 Å². The Morgan fingerprint density at radius 1 is 1.47 bits per heavy atom. The molecule has 0 atom stereocenters. The Hall–Kier alpha value is -1.94. The summed E-state index contributed by atoms with van der Waals surface area (Å²) in [4.78, 5) is 16.3. The number of aryl methyl sites for hydroxylation is 1. The fourth-order valence-electron chi connectivity index (χ4n) is 1.46. The first-order chi connectivity index (χ1) is 8.20. The molecule has 0 radical (unpaired) electrons. The number of anilines is 1. The van der Waals surface area contributed by atoms with Gasteiger partial charge < -0.3 is 0 Å². The number of nitrogens with zero attached hydrogens (tertiary/aromatic N) is 1. The van der Waals surface area contributed by atoms with Crippen LogP contribution in [0.4, 0.5) is 5.13 Å². The van der Waals surface area contributed by atoms with E-state index >= 15 is 0 Å². The van der Waals surface area contributed by atoms with Crippen molar-refractivity contribution in [1.29, 1.82) is 0 Å². The van der Waals surface area contributed by atoms with Gasteiger partial charge in [0.25, 0.3) is 0 Å². The van der Waals surface area contributed by atoms with Gasteiger partial charge in [-0.05, 0) is 24.1 Å². The van der Waals surface area contributed by atoms with Crippen molar-refractivity contribution in [2.45, 2.75) is 6.92 Å². The quantitative estimate of drug-likeness (QED) is 0.842. The van der Waals surface area contributed by atoms with E-state index in [4.69, 9.17) is 0 Å². The Balaban J connectivity index is 2.27. The molecule has 0 unspecified atom stereocenters. The maximum atomic E-state index is 11.1. The molecule has 1 aromatic carbocycles. The van der Waals surface area contributed by atoms with E-state index in [1.54, 1.807) is 6.20 Å². The highest BCUT2D eigenvalue weighted by atomic mass is 32.1. The van der Waals surface area contributed by atoms with E-state index in [0.717, 1.165) is 10.4 Å². The summed E-state index contributed by atoms with van der Waals surface area (Å²) in [5, 5.41) is 3.24. The number of aromatic nitrogens is 1. The molecule has 3 nitrogen and oxygen atoms in total. The minimum Gasteiger partial charge on any atom is -0.298 e. The normalized spacial score (nSPS) is 9.94. The van der Waals surface area contributed by atoms with Gasteiger partial charge >= 0.3 is 0 Å². The fourth-order valence-corrected chi connectivity index (χ4v) is 2.37. The van der Waals surface area contributed by atoms with Crippen molar-refractivity contribution in [3.63, 3.8) is 0 Å². The van der Waals surface area contributed by atoms with E-state index in [9.17, 15) is 4.79 Å². The molecule has 1 amide bonds. The zero-order valence-electron chi connectivity index (χ0n) is 9.43. The third-order valence-corrected chi connectivity index (χ3v) is 3.28. The van der Waals surface area contributed by atoms with Gasteiger partial charge in [0.1, 0.15) is 0 Å². The average Bonchev–Trinajstić information content (AvgIpc) is 2.78. The number of thiazole rings is 1. The number of carbonyl (C=O) groups is 1. The monoisotopic (exact) mass is 244 g/mol. The molecule has 2 rings (SSSR count). The molecule has 86 valence electrons. The van der Waals surface area contributed by atoms with Gasteiger partial charge in [0.2, 0.25) is 5.91 Å². The van der Waals surface area contributed by atoms with Gasteiger partial charge in [0.05, 0.1) is 4.88 Å². The minimum absolute atomic E-state index is 0.240. The van der Waals surface area contributed by atoms with E-state index in [0.29, 0.717) is 5.13 Å². The Kier molecular flexibility index (Phi) is 3.35. The molecule has 0 aliphatic heterocycles. The second kappa shape index (κ2) is 4.93. The van der Waals surface area contributed by atoms with Crippen molar-refractivity contribution in [2.24, 2.45) is 0 Å². The second-order valence-corrected chi connectivity index (χ2v) is 4.57. The van der Waals surface area contributed by atoms with Crippen molar-refractivity contribution >= 4 is 22.4 Å². The van der Waals surface area contributed by atoms with Crippen LogP contribution in [0.1, 0.15) is 5.56 Å². The maximum absolute atomic E-state index is 11.1. The molecule has 0 saturated heterocycles. The predicted octanol–water partition coefficient (Wildman–Crippen LogP) is 3.24. The Bertz CT molecular complexity index is 560. The van der Waals surface area contributed by atoms with Gasteiger partial charge in [0.15, 0.2) is 5.13 Å². The summed E-state index contributed by atoms with van der Waals surface area (Å²) in [5.41, 5.74) is 2.34. The van der Waals surface area contributed by atoms with Crippen LogP contribution in [0.25, 0.3) is 10.4 Å². The molecule has 2 aromatic rings. The molecule has 0 spiro atoms. The van der Waals surface area contributed by atoms with Gasteiger partial charge in [-0.15, -0.1) is 0 Å².